The van der Waals surface area contributed by atoms with E-state index in [1.807, 2.05) is 24.3 Å². The zero-order chi connectivity index (χ0) is 13.3. The molecule has 2 aliphatic heterocycles. The van der Waals surface area contributed by atoms with Gasteiger partial charge in [-0.05, 0) is 12.1 Å². The summed E-state index contributed by atoms with van der Waals surface area (Å²) in [4.78, 5) is 13.9. The molecule has 0 bridgehead atoms. The first kappa shape index (κ1) is 12.4. The number of nitrogens with zero attached hydrogens (tertiary/aromatic N) is 1. The Kier molecular flexibility index (Phi) is 3.16. The smallest absolute Gasteiger partial charge is 0.226 e. The van der Waals surface area contributed by atoms with E-state index < -0.39 is 0 Å². The van der Waals surface area contributed by atoms with E-state index >= 15 is 0 Å². The van der Waals surface area contributed by atoms with Gasteiger partial charge in [-0.3, -0.25) is 4.79 Å². The number of hydrogen-bond donors (Lipinski definition) is 2. The number of rotatable bonds is 3. The Morgan fingerprint density at radius 2 is 2.16 bits per heavy atom. The van der Waals surface area contributed by atoms with Gasteiger partial charge in [0.2, 0.25) is 5.91 Å². The van der Waals surface area contributed by atoms with Crippen LogP contribution in [0.2, 0.25) is 0 Å². The van der Waals surface area contributed by atoms with Crippen LogP contribution >= 0.6 is 0 Å². The van der Waals surface area contributed by atoms with Crippen molar-refractivity contribution >= 4 is 17.3 Å². The summed E-state index contributed by atoms with van der Waals surface area (Å²) in [7, 11) is 0. The summed E-state index contributed by atoms with van der Waals surface area (Å²) in [6.45, 7) is 2.68. The van der Waals surface area contributed by atoms with Gasteiger partial charge in [-0.1, -0.05) is 12.1 Å². The van der Waals surface area contributed by atoms with E-state index in [-0.39, 0.29) is 17.9 Å². The summed E-state index contributed by atoms with van der Waals surface area (Å²) in [6, 6.07) is 7.79. The maximum Gasteiger partial charge on any atom is 0.226 e. The molecule has 2 N–H and O–H groups in total. The zero-order valence-corrected chi connectivity index (χ0v) is 10.8. The Labute approximate surface area is 112 Å². The summed E-state index contributed by atoms with van der Waals surface area (Å²) in [5.74, 6) is 0.0397. The van der Waals surface area contributed by atoms with Gasteiger partial charge < -0.3 is 20.1 Å². The standard InChI is InChI=1S/C14H18N2O3/c17-8-14(9-19-10-14)7-16-6-5-13(18)15-11-3-1-2-4-12(11)16/h1-4,17H,5-10H2,(H,15,18). The summed E-state index contributed by atoms with van der Waals surface area (Å²) in [5.41, 5.74) is 1.69. The molecule has 1 amide bonds. The molecule has 0 radical (unpaired) electrons. The molecule has 5 nitrogen and oxygen atoms in total. The van der Waals surface area contributed by atoms with E-state index in [9.17, 15) is 9.90 Å². The molecule has 0 aliphatic carbocycles. The van der Waals surface area contributed by atoms with E-state index in [4.69, 9.17) is 4.74 Å². The van der Waals surface area contributed by atoms with Gasteiger partial charge in [0.05, 0.1) is 36.6 Å². The van der Waals surface area contributed by atoms with Crippen molar-refractivity contribution in [3.63, 3.8) is 0 Å². The Bertz CT molecular complexity index is 480. The van der Waals surface area contributed by atoms with Crippen molar-refractivity contribution < 1.29 is 14.6 Å². The van der Waals surface area contributed by atoms with Crippen molar-refractivity contribution in [2.45, 2.75) is 6.42 Å². The van der Waals surface area contributed by atoms with Crippen molar-refractivity contribution in [2.75, 3.05) is 43.1 Å². The van der Waals surface area contributed by atoms with Crippen molar-refractivity contribution in [2.24, 2.45) is 5.41 Å². The van der Waals surface area contributed by atoms with Crippen molar-refractivity contribution in [3.8, 4) is 0 Å². The zero-order valence-electron chi connectivity index (χ0n) is 10.8. The normalized spacial score (nSPS) is 21.1. The molecule has 5 heteroatoms. The molecule has 2 heterocycles. The second-order valence-corrected chi connectivity index (χ2v) is 5.39. The number of carbonyl (C=O) groups excluding carboxylic acids is 1. The minimum absolute atomic E-state index is 0.0397. The molecule has 1 aromatic carbocycles. The molecular weight excluding hydrogens is 244 g/mol. The highest BCUT2D eigenvalue weighted by Crippen LogP contribution is 2.34. The fourth-order valence-electron chi connectivity index (χ4n) is 2.62. The average molecular weight is 262 g/mol. The third kappa shape index (κ3) is 2.31. The van der Waals surface area contributed by atoms with Gasteiger partial charge >= 0.3 is 0 Å². The molecule has 19 heavy (non-hydrogen) atoms. The van der Waals surface area contributed by atoms with Crippen LogP contribution in [0, 0.1) is 5.41 Å². The lowest BCUT2D eigenvalue weighted by atomic mass is 9.86. The second kappa shape index (κ2) is 4.83. The monoisotopic (exact) mass is 262 g/mol. The van der Waals surface area contributed by atoms with Crippen LogP contribution in [0.5, 0.6) is 0 Å². The van der Waals surface area contributed by atoms with Crippen LogP contribution in [0.1, 0.15) is 6.42 Å². The summed E-state index contributed by atoms with van der Waals surface area (Å²) in [5, 5.41) is 12.5. The van der Waals surface area contributed by atoms with E-state index in [1.165, 1.54) is 0 Å². The van der Waals surface area contributed by atoms with Gasteiger partial charge in [-0.15, -0.1) is 0 Å². The molecule has 3 rings (SSSR count). The third-order valence-corrected chi connectivity index (χ3v) is 3.81. The summed E-state index contributed by atoms with van der Waals surface area (Å²) < 4.78 is 5.24. The highest BCUT2D eigenvalue weighted by Gasteiger charge is 2.40. The number of nitrogens with one attached hydrogen (secondary N) is 1. The molecule has 0 saturated carbocycles. The maximum atomic E-state index is 11.7. The second-order valence-electron chi connectivity index (χ2n) is 5.39. The number of fused-ring (bicyclic) bond motifs is 1. The van der Waals surface area contributed by atoms with Gasteiger partial charge in [0, 0.05) is 19.5 Å². The van der Waals surface area contributed by atoms with Crippen molar-refractivity contribution in [1.29, 1.82) is 0 Å². The van der Waals surface area contributed by atoms with Gasteiger partial charge in [0.25, 0.3) is 0 Å². The van der Waals surface area contributed by atoms with Gasteiger partial charge in [-0.25, -0.2) is 0 Å². The molecule has 2 aliphatic rings. The molecule has 1 saturated heterocycles. The van der Waals surface area contributed by atoms with E-state index in [2.05, 4.69) is 10.2 Å². The minimum Gasteiger partial charge on any atom is -0.396 e. The maximum absolute atomic E-state index is 11.7. The van der Waals surface area contributed by atoms with Crippen LogP contribution < -0.4 is 10.2 Å². The summed E-state index contributed by atoms with van der Waals surface area (Å²) in [6.07, 6.45) is 0.469. The van der Waals surface area contributed by atoms with Gasteiger partial charge in [0.1, 0.15) is 0 Å². The van der Waals surface area contributed by atoms with Crippen molar-refractivity contribution in [3.05, 3.63) is 24.3 Å². The molecule has 0 aromatic heterocycles. The first-order chi connectivity index (χ1) is 9.22. The number of anilines is 2. The number of benzene rings is 1. The predicted octanol–water partition coefficient (Wildman–Crippen LogP) is 0.844. The first-order valence-corrected chi connectivity index (χ1v) is 6.55. The van der Waals surface area contributed by atoms with Crippen LogP contribution in [0.4, 0.5) is 11.4 Å². The largest absolute Gasteiger partial charge is 0.396 e. The Balaban J connectivity index is 1.87. The van der Waals surface area contributed by atoms with Crippen LogP contribution in [0.25, 0.3) is 0 Å². The number of amides is 1. The number of carbonyl (C=O) groups is 1. The van der Waals surface area contributed by atoms with Gasteiger partial charge in [-0.2, -0.15) is 0 Å². The summed E-state index contributed by atoms with van der Waals surface area (Å²) >= 11 is 0. The van der Waals surface area contributed by atoms with Crippen molar-refractivity contribution in [1.82, 2.24) is 0 Å². The quantitative estimate of drug-likeness (QED) is 0.847. The average Bonchev–Trinajstić information content (AvgIpc) is 2.53. The molecule has 0 atom stereocenters. The fourth-order valence-corrected chi connectivity index (χ4v) is 2.62. The number of aliphatic hydroxyl groups excluding tert-OH is 1. The highest BCUT2D eigenvalue weighted by atomic mass is 16.5. The molecule has 102 valence electrons. The van der Waals surface area contributed by atoms with Gasteiger partial charge in [0.15, 0.2) is 0 Å². The number of hydrogen-bond acceptors (Lipinski definition) is 4. The van der Waals surface area contributed by atoms with Crippen LogP contribution in [-0.4, -0.2) is 43.9 Å². The lowest BCUT2D eigenvalue weighted by molar-refractivity contribution is -0.131. The third-order valence-electron chi connectivity index (χ3n) is 3.81. The molecule has 1 aromatic rings. The van der Waals surface area contributed by atoms with E-state index in [0.717, 1.165) is 17.9 Å². The topological polar surface area (TPSA) is 61.8 Å². The first-order valence-electron chi connectivity index (χ1n) is 6.55. The lowest BCUT2D eigenvalue weighted by Gasteiger charge is -2.43. The lowest BCUT2D eigenvalue weighted by Crippen LogP contribution is -2.53. The van der Waals surface area contributed by atoms with E-state index in [1.54, 1.807) is 0 Å². The predicted molar refractivity (Wildman–Crippen MR) is 72.2 cm³/mol. The van der Waals surface area contributed by atoms with Crippen LogP contribution in [0.3, 0.4) is 0 Å². The molecule has 0 spiro atoms. The Morgan fingerprint density at radius 1 is 1.37 bits per heavy atom. The molecular formula is C14H18N2O3. The Hall–Kier alpha value is -1.59. The number of ether oxygens (including phenoxy) is 1. The van der Waals surface area contributed by atoms with E-state index in [0.29, 0.717) is 26.2 Å². The van der Waals surface area contributed by atoms with Crippen LogP contribution in [-0.2, 0) is 9.53 Å². The Morgan fingerprint density at radius 3 is 2.84 bits per heavy atom. The number of para-hydroxylation sites is 2. The van der Waals surface area contributed by atoms with Crippen LogP contribution in [0.15, 0.2) is 24.3 Å². The minimum atomic E-state index is -0.180. The fraction of sp³-hybridized carbons (Fsp3) is 0.500. The molecule has 0 unspecified atom stereocenters. The highest BCUT2D eigenvalue weighted by molar-refractivity contribution is 5.96. The SMILES string of the molecule is O=C1CCN(CC2(CO)COC2)c2ccccc2N1. The number of aliphatic hydroxyl groups is 1. The molecule has 1 fully saturated rings.